The number of para-hydroxylation sites is 1. The number of H-pyrrole nitrogens is 1. The van der Waals surface area contributed by atoms with Crippen LogP contribution in [0.3, 0.4) is 0 Å². The van der Waals surface area contributed by atoms with Gasteiger partial charge < -0.3 is 4.98 Å². The standard InChI is InChI=1S/C13H12N2O2/c1-15-12(16)6-9(13(15)17)10-7-14-11-5-3-2-4-8(10)11/h2-5,7,9,14H,6H2,1H3. The molecule has 0 aliphatic carbocycles. The Labute approximate surface area is 98.2 Å². The van der Waals surface area contributed by atoms with Crippen LogP contribution in [0.2, 0.25) is 0 Å². The van der Waals surface area contributed by atoms with Gasteiger partial charge in [0.15, 0.2) is 0 Å². The molecule has 2 aromatic rings. The van der Waals surface area contributed by atoms with Crippen LogP contribution in [0.1, 0.15) is 17.9 Å². The summed E-state index contributed by atoms with van der Waals surface area (Å²) in [7, 11) is 1.54. The first kappa shape index (κ1) is 10.1. The van der Waals surface area contributed by atoms with E-state index in [1.165, 1.54) is 4.90 Å². The van der Waals surface area contributed by atoms with Crippen molar-refractivity contribution in [2.75, 3.05) is 7.05 Å². The predicted molar refractivity (Wildman–Crippen MR) is 63.4 cm³/mol. The number of carbonyl (C=O) groups is 2. The number of nitrogens with one attached hydrogen (secondary N) is 1. The van der Waals surface area contributed by atoms with E-state index in [1.54, 1.807) is 7.05 Å². The first-order valence-electron chi connectivity index (χ1n) is 5.55. The molecule has 1 N–H and O–H groups in total. The van der Waals surface area contributed by atoms with Crippen LogP contribution in [0.15, 0.2) is 30.5 Å². The largest absolute Gasteiger partial charge is 0.361 e. The van der Waals surface area contributed by atoms with Gasteiger partial charge in [-0.3, -0.25) is 14.5 Å². The average molecular weight is 228 g/mol. The number of likely N-dealkylation sites (N-methyl/N-ethyl adjacent to an activating group) is 1. The minimum Gasteiger partial charge on any atom is -0.361 e. The Hall–Kier alpha value is -2.10. The van der Waals surface area contributed by atoms with Crippen molar-refractivity contribution < 1.29 is 9.59 Å². The number of rotatable bonds is 1. The first-order valence-corrected chi connectivity index (χ1v) is 5.55. The molecule has 1 aliphatic rings. The Morgan fingerprint density at radius 3 is 2.76 bits per heavy atom. The molecule has 17 heavy (non-hydrogen) atoms. The zero-order valence-electron chi connectivity index (χ0n) is 9.43. The highest BCUT2D eigenvalue weighted by molar-refractivity contribution is 6.07. The molecule has 1 aliphatic heterocycles. The lowest BCUT2D eigenvalue weighted by Gasteiger charge is -2.07. The van der Waals surface area contributed by atoms with Crippen molar-refractivity contribution in [3.05, 3.63) is 36.0 Å². The molecule has 2 amide bonds. The van der Waals surface area contributed by atoms with Crippen LogP contribution in [0.25, 0.3) is 10.9 Å². The minimum atomic E-state index is -0.330. The van der Waals surface area contributed by atoms with Crippen molar-refractivity contribution in [3.8, 4) is 0 Å². The van der Waals surface area contributed by atoms with Crippen LogP contribution < -0.4 is 0 Å². The Bertz CT molecular complexity index is 615. The van der Waals surface area contributed by atoms with Crippen molar-refractivity contribution >= 4 is 22.7 Å². The molecular formula is C13H12N2O2. The number of hydrogen-bond donors (Lipinski definition) is 1. The number of fused-ring (bicyclic) bond motifs is 1. The highest BCUT2D eigenvalue weighted by Crippen LogP contribution is 2.33. The maximum absolute atomic E-state index is 11.9. The van der Waals surface area contributed by atoms with Gasteiger partial charge in [-0.05, 0) is 11.6 Å². The molecule has 1 fully saturated rings. The van der Waals surface area contributed by atoms with E-state index in [1.807, 2.05) is 30.5 Å². The zero-order chi connectivity index (χ0) is 12.0. The molecule has 1 saturated heterocycles. The quantitative estimate of drug-likeness (QED) is 0.754. The molecule has 0 bridgehead atoms. The molecule has 4 nitrogen and oxygen atoms in total. The fraction of sp³-hybridized carbons (Fsp3) is 0.231. The van der Waals surface area contributed by atoms with E-state index < -0.39 is 0 Å². The number of aromatic nitrogens is 1. The van der Waals surface area contributed by atoms with Gasteiger partial charge in [-0.25, -0.2) is 0 Å². The van der Waals surface area contributed by atoms with Crippen molar-refractivity contribution in [3.63, 3.8) is 0 Å². The molecule has 1 unspecified atom stereocenters. The molecular weight excluding hydrogens is 216 g/mol. The summed E-state index contributed by atoms with van der Waals surface area (Å²) in [5.74, 6) is -0.548. The van der Waals surface area contributed by atoms with E-state index in [4.69, 9.17) is 0 Å². The van der Waals surface area contributed by atoms with Gasteiger partial charge in [0.2, 0.25) is 11.8 Å². The van der Waals surface area contributed by atoms with Gasteiger partial charge in [0.25, 0.3) is 0 Å². The third-order valence-electron chi connectivity index (χ3n) is 3.38. The monoisotopic (exact) mass is 228 g/mol. The predicted octanol–water partition coefficient (Wildman–Crippen LogP) is 1.64. The number of likely N-dealkylation sites (tertiary alicyclic amines) is 1. The van der Waals surface area contributed by atoms with Crippen LogP contribution in [0.5, 0.6) is 0 Å². The van der Waals surface area contributed by atoms with Crippen LogP contribution in [-0.4, -0.2) is 28.7 Å². The summed E-state index contributed by atoms with van der Waals surface area (Å²) in [5.41, 5.74) is 1.92. The first-order chi connectivity index (χ1) is 8.18. The van der Waals surface area contributed by atoms with Crippen LogP contribution in [0.4, 0.5) is 0 Å². The molecule has 0 spiro atoms. The summed E-state index contributed by atoms with van der Waals surface area (Å²) < 4.78 is 0. The van der Waals surface area contributed by atoms with Gasteiger partial charge in [0, 0.05) is 30.6 Å². The number of carbonyl (C=O) groups excluding carboxylic acids is 2. The van der Waals surface area contributed by atoms with Crippen LogP contribution >= 0.6 is 0 Å². The lowest BCUT2D eigenvalue weighted by atomic mass is 9.97. The highest BCUT2D eigenvalue weighted by atomic mass is 16.2. The number of nitrogens with zero attached hydrogens (tertiary/aromatic N) is 1. The molecule has 2 heterocycles. The topological polar surface area (TPSA) is 53.2 Å². The summed E-state index contributed by atoms with van der Waals surface area (Å²) in [6.07, 6.45) is 2.11. The van der Waals surface area contributed by atoms with E-state index in [0.717, 1.165) is 16.5 Å². The average Bonchev–Trinajstić information content (AvgIpc) is 2.86. The van der Waals surface area contributed by atoms with E-state index >= 15 is 0 Å². The molecule has 1 aromatic carbocycles. The third kappa shape index (κ3) is 1.37. The van der Waals surface area contributed by atoms with Gasteiger partial charge >= 0.3 is 0 Å². The smallest absolute Gasteiger partial charge is 0.237 e. The number of hydrogen-bond acceptors (Lipinski definition) is 2. The fourth-order valence-corrected chi connectivity index (χ4v) is 2.38. The molecule has 1 aromatic heterocycles. The lowest BCUT2D eigenvalue weighted by Crippen LogP contribution is -2.25. The maximum Gasteiger partial charge on any atom is 0.237 e. The second-order valence-corrected chi connectivity index (χ2v) is 4.34. The summed E-state index contributed by atoms with van der Waals surface area (Å²) >= 11 is 0. The molecule has 0 saturated carbocycles. The summed E-state index contributed by atoms with van der Waals surface area (Å²) in [4.78, 5) is 27.8. The van der Waals surface area contributed by atoms with Crippen molar-refractivity contribution in [2.24, 2.45) is 0 Å². The number of amides is 2. The fourth-order valence-electron chi connectivity index (χ4n) is 2.38. The van der Waals surface area contributed by atoms with E-state index in [-0.39, 0.29) is 24.2 Å². The van der Waals surface area contributed by atoms with E-state index in [2.05, 4.69) is 4.98 Å². The maximum atomic E-state index is 11.9. The van der Waals surface area contributed by atoms with Gasteiger partial charge in [-0.15, -0.1) is 0 Å². The van der Waals surface area contributed by atoms with Crippen molar-refractivity contribution in [1.82, 2.24) is 9.88 Å². The van der Waals surface area contributed by atoms with Crippen LogP contribution in [0, 0.1) is 0 Å². The summed E-state index contributed by atoms with van der Waals surface area (Å²) in [5, 5.41) is 1.02. The van der Waals surface area contributed by atoms with Gasteiger partial charge in [0.05, 0.1) is 5.92 Å². The van der Waals surface area contributed by atoms with Gasteiger partial charge in [-0.2, -0.15) is 0 Å². The van der Waals surface area contributed by atoms with Gasteiger partial charge in [0.1, 0.15) is 0 Å². The number of aromatic amines is 1. The Kier molecular flexibility index (Phi) is 2.04. The summed E-state index contributed by atoms with van der Waals surface area (Å²) in [6, 6.07) is 7.81. The second kappa shape index (κ2) is 3.45. The highest BCUT2D eigenvalue weighted by Gasteiger charge is 2.38. The molecule has 3 rings (SSSR count). The Morgan fingerprint density at radius 2 is 2.06 bits per heavy atom. The molecule has 4 heteroatoms. The van der Waals surface area contributed by atoms with Crippen LogP contribution in [-0.2, 0) is 9.59 Å². The molecule has 86 valence electrons. The molecule has 1 atom stereocenters. The van der Waals surface area contributed by atoms with Gasteiger partial charge in [-0.1, -0.05) is 18.2 Å². The number of imide groups is 1. The second-order valence-electron chi connectivity index (χ2n) is 4.34. The molecule has 0 radical (unpaired) electrons. The van der Waals surface area contributed by atoms with E-state index in [9.17, 15) is 9.59 Å². The minimum absolute atomic E-state index is 0.106. The summed E-state index contributed by atoms with van der Waals surface area (Å²) in [6.45, 7) is 0. The van der Waals surface area contributed by atoms with E-state index in [0.29, 0.717) is 0 Å². The number of benzene rings is 1. The third-order valence-corrected chi connectivity index (χ3v) is 3.38. The zero-order valence-corrected chi connectivity index (χ0v) is 9.43. The normalized spacial score (nSPS) is 20.5. The van der Waals surface area contributed by atoms with Crippen molar-refractivity contribution in [1.29, 1.82) is 0 Å². The Morgan fingerprint density at radius 1 is 1.29 bits per heavy atom. The van der Waals surface area contributed by atoms with Crippen molar-refractivity contribution in [2.45, 2.75) is 12.3 Å². The Balaban J connectivity index is 2.11. The SMILES string of the molecule is CN1C(=O)CC(c2c[nH]c3ccccc23)C1=O. The lowest BCUT2D eigenvalue weighted by molar-refractivity contribution is -0.137.